The lowest BCUT2D eigenvalue weighted by Gasteiger charge is -2.34. The summed E-state index contributed by atoms with van der Waals surface area (Å²) in [6, 6.07) is -0.753. The number of nitrogens with zero attached hydrogens (tertiary/aromatic N) is 1. The van der Waals surface area contributed by atoms with E-state index in [1.165, 1.54) is 25.7 Å². The molecule has 0 aliphatic heterocycles. The van der Waals surface area contributed by atoms with Crippen molar-refractivity contribution in [3.05, 3.63) is 146 Å². The molecule has 0 saturated carbocycles. The van der Waals surface area contributed by atoms with Crippen LogP contribution < -0.4 is 5.11 Å². The number of esters is 2. The van der Waals surface area contributed by atoms with E-state index < -0.39 is 18.1 Å². The highest BCUT2D eigenvalue weighted by molar-refractivity contribution is 5.70. The second-order valence-electron chi connectivity index (χ2n) is 16.4. The van der Waals surface area contributed by atoms with Gasteiger partial charge in [0.25, 0.3) is 0 Å². The average molecular weight is 884 g/mol. The van der Waals surface area contributed by atoms with E-state index in [0.29, 0.717) is 12.8 Å². The lowest BCUT2D eigenvalue weighted by molar-refractivity contribution is -0.889. The van der Waals surface area contributed by atoms with E-state index in [1.807, 2.05) is 72.9 Å². The Hall–Kier alpha value is -4.79. The maximum atomic E-state index is 12.8. The van der Waals surface area contributed by atoms with Gasteiger partial charge >= 0.3 is 11.9 Å². The number of hydrogen-bond acceptors (Lipinski definition) is 7. The van der Waals surface area contributed by atoms with Crippen LogP contribution in [0.15, 0.2) is 146 Å². The number of carboxylic acids is 1. The normalized spacial score (nSPS) is 14.2. The topological polar surface area (TPSA) is 102 Å². The molecule has 356 valence electrons. The van der Waals surface area contributed by atoms with Gasteiger partial charge in [-0.1, -0.05) is 179 Å². The molecule has 0 aromatic carbocycles. The van der Waals surface area contributed by atoms with Gasteiger partial charge in [-0.15, -0.1) is 0 Å². The monoisotopic (exact) mass is 884 g/mol. The minimum atomic E-state index is -1.15. The summed E-state index contributed by atoms with van der Waals surface area (Å²) in [6.45, 7) is 4.36. The third-order valence-corrected chi connectivity index (χ3v) is 9.65. The highest BCUT2D eigenvalue weighted by atomic mass is 16.6. The maximum absolute atomic E-state index is 12.8. The van der Waals surface area contributed by atoms with Crippen LogP contribution in [-0.4, -0.2) is 75.5 Å². The van der Waals surface area contributed by atoms with Crippen molar-refractivity contribution in [1.29, 1.82) is 0 Å². The first-order valence-electron chi connectivity index (χ1n) is 24.0. The first-order valence-corrected chi connectivity index (χ1v) is 24.0. The van der Waals surface area contributed by atoms with E-state index >= 15 is 0 Å². The van der Waals surface area contributed by atoms with Crippen LogP contribution in [0.1, 0.15) is 136 Å². The first kappa shape index (κ1) is 59.2. The highest BCUT2D eigenvalue weighted by Gasteiger charge is 2.25. The van der Waals surface area contributed by atoms with Gasteiger partial charge in [0.05, 0.1) is 40.3 Å². The molecule has 0 N–H and O–H groups in total. The van der Waals surface area contributed by atoms with Crippen LogP contribution in [0.2, 0.25) is 0 Å². The quantitative estimate of drug-likeness (QED) is 0.0199. The lowest BCUT2D eigenvalue weighted by Crippen LogP contribution is -2.55. The number of rotatable bonds is 40. The van der Waals surface area contributed by atoms with Crippen molar-refractivity contribution >= 4 is 17.9 Å². The second kappa shape index (κ2) is 44.8. The Morgan fingerprint density at radius 3 is 1.44 bits per heavy atom. The smallest absolute Gasteiger partial charge is 0.306 e. The number of likely N-dealkylation sites (N-methyl/N-ethyl adjacent to an activating group) is 1. The number of quaternary nitrogens is 1. The number of carbonyl (C=O) groups is 3. The fraction of sp³-hybridized carbons (Fsp3) is 0.518. The van der Waals surface area contributed by atoms with E-state index in [2.05, 4.69) is 86.8 Å². The SMILES string of the molecule is CC/C=C/C=C/C=C/C=C/C=C/C=C/C=C/CCCCCC(=O)OCC(COCCC(C(=O)[O-])[N+](C)(C)C)OC(=O)CCCC/C=C/C/C=C/C/C=C/C/C=C/C/C=C/CCCCC. The van der Waals surface area contributed by atoms with Crippen molar-refractivity contribution in [1.82, 2.24) is 0 Å². The molecule has 0 rings (SSSR count). The number of hydrogen-bond donors (Lipinski definition) is 0. The molecule has 0 aliphatic rings. The molecule has 0 radical (unpaired) electrons. The van der Waals surface area contributed by atoms with Gasteiger partial charge in [-0.25, -0.2) is 0 Å². The number of aliphatic carboxylic acids is 1. The van der Waals surface area contributed by atoms with Crippen molar-refractivity contribution < 1.29 is 38.2 Å². The van der Waals surface area contributed by atoms with Crippen molar-refractivity contribution in [2.75, 3.05) is 41.0 Å². The van der Waals surface area contributed by atoms with Gasteiger partial charge < -0.3 is 28.6 Å². The third-order valence-electron chi connectivity index (χ3n) is 9.65. The number of carboxylic acid groups (broad SMARTS) is 1. The summed E-state index contributed by atoms with van der Waals surface area (Å²) in [5.41, 5.74) is 0. The standard InChI is InChI=1S/C56H85NO7/c1-6-8-10-12-14-16-18-20-22-24-26-27-29-31-33-35-37-39-41-43-45-47-55(59)64-52(50-62-49-48-53(56(60)61)57(3,4)5)51-63-54(58)46-44-42-40-38-36-34-32-30-28-25-23-21-19-17-15-13-11-9-7-2/h9,11,13-17,19-23,25-28,30-34,36-37,39,52-53H,6-8,10,12,18,24,29,35,38,40-51H2,1-5H3/b11-9+,15-13+,16-14+,19-17+,22-20+,23-21+,27-26+,28-25+,32-30+,33-31+,36-34+,39-37+. The first-order chi connectivity index (χ1) is 31.1. The Morgan fingerprint density at radius 1 is 0.500 bits per heavy atom. The number of unbranched alkanes of at least 4 members (excludes halogenated alkanes) is 8. The molecular formula is C56H85NO7. The molecule has 0 fully saturated rings. The van der Waals surface area contributed by atoms with Crippen LogP contribution in [-0.2, 0) is 28.6 Å². The van der Waals surface area contributed by atoms with Crippen molar-refractivity contribution in [2.24, 2.45) is 0 Å². The van der Waals surface area contributed by atoms with Gasteiger partial charge in [0.15, 0.2) is 6.10 Å². The third kappa shape index (κ3) is 42.5. The molecule has 0 amide bonds. The minimum absolute atomic E-state index is 0.00396. The minimum Gasteiger partial charge on any atom is -0.544 e. The second-order valence-corrected chi connectivity index (χ2v) is 16.4. The molecule has 0 aromatic heterocycles. The molecule has 2 unspecified atom stereocenters. The zero-order valence-corrected chi connectivity index (χ0v) is 40.4. The number of allylic oxidation sites excluding steroid dienone is 24. The fourth-order valence-corrected chi connectivity index (χ4v) is 5.95. The van der Waals surface area contributed by atoms with E-state index in [1.54, 1.807) is 21.1 Å². The molecule has 0 heterocycles. The number of carbonyl (C=O) groups excluding carboxylic acids is 3. The van der Waals surface area contributed by atoms with Crippen LogP contribution in [0.4, 0.5) is 0 Å². The Bertz CT molecular complexity index is 1540. The molecular weight excluding hydrogens is 799 g/mol. The van der Waals surface area contributed by atoms with Crippen LogP contribution in [0, 0.1) is 0 Å². The Morgan fingerprint density at radius 2 is 0.938 bits per heavy atom. The van der Waals surface area contributed by atoms with Crippen molar-refractivity contribution in [3.8, 4) is 0 Å². The molecule has 0 aromatic rings. The van der Waals surface area contributed by atoms with E-state index in [9.17, 15) is 19.5 Å². The molecule has 2 atom stereocenters. The predicted octanol–water partition coefficient (Wildman–Crippen LogP) is 12.4. The highest BCUT2D eigenvalue weighted by Crippen LogP contribution is 2.11. The number of ether oxygens (including phenoxy) is 3. The van der Waals surface area contributed by atoms with Crippen LogP contribution >= 0.6 is 0 Å². The summed E-state index contributed by atoms with van der Waals surface area (Å²) < 4.78 is 17.1. The van der Waals surface area contributed by atoms with Gasteiger partial charge in [-0.2, -0.15) is 0 Å². The van der Waals surface area contributed by atoms with Gasteiger partial charge in [-0.05, 0) is 83.5 Å². The molecule has 0 saturated heterocycles. The van der Waals surface area contributed by atoms with Crippen LogP contribution in [0.25, 0.3) is 0 Å². The molecule has 8 nitrogen and oxygen atoms in total. The van der Waals surface area contributed by atoms with Crippen molar-refractivity contribution in [2.45, 2.75) is 148 Å². The van der Waals surface area contributed by atoms with E-state index in [4.69, 9.17) is 14.2 Å². The molecule has 0 bridgehead atoms. The van der Waals surface area contributed by atoms with Gasteiger partial charge in [0, 0.05) is 19.3 Å². The summed E-state index contributed by atoms with van der Waals surface area (Å²) in [5.74, 6) is -1.88. The zero-order chi connectivity index (χ0) is 47.0. The fourth-order valence-electron chi connectivity index (χ4n) is 5.95. The van der Waals surface area contributed by atoms with E-state index in [0.717, 1.165) is 64.2 Å². The Balaban J connectivity index is 4.53. The molecule has 64 heavy (non-hydrogen) atoms. The summed E-state index contributed by atoms with van der Waals surface area (Å²) in [7, 11) is 5.36. The van der Waals surface area contributed by atoms with Crippen LogP contribution in [0.5, 0.6) is 0 Å². The summed E-state index contributed by atoms with van der Waals surface area (Å²) in [5, 5.41) is 11.7. The summed E-state index contributed by atoms with van der Waals surface area (Å²) in [6.07, 6.45) is 65.9. The molecule has 0 aliphatic carbocycles. The zero-order valence-electron chi connectivity index (χ0n) is 40.4. The van der Waals surface area contributed by atoms with Gasteiger partial charge in [0.2, 0.25) is 0 Å². The Kier molecular flexibility index (Phi) is 41.5. The molecule has 0 spiro atoms. The van der Waals surface area contributed by atoms with Crippen LogP contribution in [0.3, 0.4) is 0 Å². The molecule has 8 heteroatoms. The van der Waals surface area contributed by atoms with Gasteiger partial charge in [-0.3, -0.25) is 9.59 Å². The predicted molar refractivity (Wildman–Crippen MR) is 267 cm³/mol. The summed E-state index contributed by atoms with van der Waals surface area (Å²) >= 11 is 0. The van der Waals surface area contributed by atoms with E-state index in [-0.39, 0.29) is 55.5 Å². The largest absolute Gasteiger partial charge is 0.544 e. The average Bonchev–Trinajstić information content (AvgIpc) is 3.26. The summed E-state index contributed by atoms with van der Waals surface area (Å²) in [4.78, 5) is 37.0. The lowest BCUT2D eigenvalue weighted by atomic mass is 10.1. The van der Waals surface area contributed by atoms with Crippen molar-refractivity contribution in [3.63, 3.8) is 0 Å². The maximum Gasteiger partial charge on any atom is 0.306 e. The Labute approximate surface area is 389 Å². The van der Waals surface area contributed by atoms with Gasteiger partial charge in [0.1, 0.15) is 12.6 Å².